The van der Waals surface area contributed by atoms with Crippen molar-refractivity contribution in [1.29, 1.82) is 0 Å². The topological polar surface area (TPSA) is 37.4 Å². The number of pyridine rings is 1. The zero-order chi connectivity index (χ0) is 14.7. The molecule has 0 bridgehead atoms. The Labute approximate surface area is 126 Å². The van der Waals surface area contributed by atoms with Crippen LogP contribution in [0.15, 0.2) is 36.5 Å². The number of nitrogens with zero attached hydrogens (tertiary/aromatic N) is 2. The summed E-state index contributed by atoms with van der Waals surface area (Å²) < 4.78 is 6.03. The molecule has 0 amide bonds. The van der Waals surface area contributed by atoms with Gasteiger partial charge in [-0.15, -0.1) is 0 Å². The minimum atomic E-state index is 0.163. The molecule has 21 heavy (non-hydrogen) atoms. The normalized spacial score (nSPS) is 21.5. The second kappa shape index (κ2) is 6.52. The molecule has 112 valence electrons. The number of aromatic nitrogens is 1. The monoisotopic (exact) mass is 285 g/mol. The van der Waals surface area contributed by atoms with Gasteiger partial charge in [-0.05, 0) is 25.2 Å². The number of hydrogen-bond donors (Lipinski definition) is 1. The molecule has 1 fully saturated rings. The molecule has 1 aromatic carbocycles. The number of likely N-dealkylation sites (N-methyl/N-ethyl adjacent to an activating group) is 2. The lowest BCUT2D eigenvalue weighted by atomic mass is 9.97. The van der Waals surface area contributed by atoms with Gasteiger partial charge in [0.2, 0.25) is 0 Å². The highest BCUT2D eigenvalue weighted by Crippen LogP contribution is 2.27. The van der Waals surface area contributed by atoms with Crippen LogP contribution in [-0.2, 0) is 4.74 Å². The van der Waals surface area contributed by atoms with E-state index >= 15 is 0 Å². The number of morpholine rings is 1. The van der Waals surface area contributed by atoms with Gasteiger partial charge in [-0.3, -0.25) is 9.88 Å². The molecule has 1 N–H and O–H groups in total. The molecule has 1 aliphatic rings. The van der Waals surface area contributed by atoms with Gasteiger partial charge in [-0.2, -0.15) is 0 Å². The highest BCUT2D eigenvalue weighted by atomic mass is 16.5. The van der Waals surface area contributed by atoms with Crippen LogP contribution < -0.4 is 5.32 Å². The smallest absolute Gasteiger partial charge is 0.0897 e. The Bertz CT molecular complexity index is 596. The minimum absolute atomic E-state index is 0.163. The minimum Gasteiger partial charge on any atom is -0.374 e. The molecule has 0 aliphatic carbocycles. The average molecular weight is 285 g/mol. The Morgan fingerprint density at radius 2 is 2.24 bits per heavy atom. The van der Waals surface area contributed by atoms with Gasteiger partial charge < -0.3 is 10.1 Å². The second-order valence-corrected chi connectivity index (χ2v) is 5.49. The third-order valence-electron chi connectivity index (χ3n) is 4.31. The molecule has 0 spiro atoms. The van der Waals surface area contributed by atoms with Crippen LogP contribution in [0.1, 0.15) is 18.5 Å². The van der Waals surface area contributed by atoms with E-state index in [0.29, 0.717) is 0 Å². The van der Waals surface area contributed by atoms with E-state index < -0.39 is 0 Å². The number of hydrogen-bond acceptors (Lipinski definition) is 4. The zero-order valence-corrected chi connectivity index (χ0v) is 12.7. The Kier molecular flexibility index (Phi) is 4.48. The molecule has 4 heteroatoms. The van der Waals surface area contributed by atoms with Crippen molar-refractivity contribution < 1.29 is 4.74 Å². The summed E-state index contributed by atoms with van der Waals surface area (Å²) >= 11 is 0. The predicted octanol–water partition coefficient (Wildman–Crippen LogP) is 2.22. The lowest BCUT2D eigenvalue weighted by molar-refractivity contribution is -0.0442. The van der Waals surface area contributed by atoms with E-state index in [0.717, 1.165) is 31.8 Å². The van der Waals surface area contributed by atoms with Crippen molar-refractivity contribution in [1.82, 2.24) is 15.2 Å². The number of rotatable bonds is 4. The van der Waals surface area contributed by atoms with E-state index in [1.54, 1.807) is 0 Å². The Morgan fingerprint density at radius 1 is 1.38 bits per heavy atom. The first-order chi connectivity index (χ1) is 10.3. The Morgan fingerprint density at radius 3 is 3.05 bits per heavy atom. The number of nitrogens with one attached hydrogen (secondary N) is 1. The van der Waals surface area contributed by atoms with Gasteiger partial charge in [0.25, 0.3) is 0 Å². The van der Waals surface area contributed by atoms with Crippen LogP contribution in [0.3, 0.4) is 0 Å². The lowest BCUT2D eigenvalue weighted by Crippen LogP contribution is -2.47. The summed E-state index contributed by atoms with van der Waals surface area (Å²) in [4.78, 5) is 7.02. The van der Waals surface area contributed by atoms with Gasteiger partial charge in [0.15, 0.2) is 0 Å². The molecule has 2 aromatic rings. The molecule has 3 rings (SSSR count). The van der Waals surface area contributed by atoms with Crippen molar-refractivity contribution in [3.05, 3.63) is 42.1 Å². The van der Waals surface area contributed by atoms with E-state index in [2.05, 4.69) is 46.4 Å². The van der Waals surface area contributed by atoms with E-state index in [1.807, 2.05) is 19.3 Å². The number of ether oxygens (including phenoxy) is 1. The molecular formula is C17H23N3O. The maximum Gasteiger partial charge on any atom is 0.0897 e. The van der Waals surface area contributed by atoms with Gasteiger partial charge in [0, 0.05) is 24.7 Å². The van der Waals surface area contributed by atoms with Gasteiger partial charge in [0.1, 0.15) is 0 Å². The number of benzene rings is 1. The molecule has 0 saturated carbocycles. The summed E-state index contributed by atoms with van der Waals surface area (Å²) in [6.07, 6.45) is 2.02. The quantitative estimate of drug-likeness (QED) is 0.934. The highest BCUT2D eigenvalue weighted by Gasteiger charge is 2.29. The van der Waals surface area contributed by atoms with Gasteiger partial charge in [-0.1, -0.05) is 31.2 Å². The van der Waals surface area contributed by atoms with Crippen molar-refractivity contribution in [2.45, 2.75) is 19.1 Å². The summed E-state index contributed by atoms with van der Waals surface area (Å²) in [7, 11) is 2.00. The molecule has 2 heterocycles. The zero-order valence-electron chi connectivity index (χ0n) is 12.7. The number of fused-ring (bicyclic) bond motifs is 1. The fourth-order valence-corrected chi connectivity index (χ4v) is 3.14. The lowest BCUT2D eigenvalue weighted by Gasteiger charge is -2.36. The second-order valence-electron chi connectivity index (χ2n) is 5.49. The highest BCUT2D eigenvalue weighted by molar-refractivity contribution is 5.82. The summed E-state index contributed by atoms with van der Waals surface area (Å²) in [5.74, 6) is 0. The van der Waals surface area contributed by atoms with E-state index in [-0.39, 0.29) is 12.1 Å². The molecule has 2 atom stereocenters. The molecule has 0 radical (unpaired) electrons. The summed E-state index contributed by atoms with van der Waals surface area (Å²) in [5.41, 5.74) is 2.29. The van der Waals surface area contributed by atoms with Crippen LogP contribution in [-0.4, -0.2) is 49.3 Å². The van der Waals surface area contributed by atoms with Crippen molar-refractivity contribution in [2.24, 2.45) is 0 Å². The van der Waals surface area contributed by atoms with Crippen LogP contribution in [0.4, 0.5) is 0 Å². The van der Waals surface area contributed by atoms with Gasteiger partial charge in [-0.25, -0.2) is 0 Å². The first-order valence-electron chi connectivity index (χ1n) is 7.68. The largest absolute Gasteiger partial charge is 0.374 e. The maximum absolute atomic E-state index is 6.03. The average Bonchev–Trinajstić information content (AvgIpc) is 2.56. The first kappa shape index (κ1) is 14.4. The first-order valence-corrected chi connectivity index (χ1v) is 7.68. The van der Waals surface area contributed by atoms with Gasteiger partial charge >= 0.3 is 0 Å². The van der Waals surface area contributed by atoms with Crippen LogP contribution in [0, 0.1) is 0 Å². The third kappa shape index (κ3) is 2.93. The third-order valence-corrected chi connectivity index (χ3v) is 4.31. The molecule has 1 aliphatic heterocycles. The van der Waals surface area contributed by atoms with Crippen molar-refractivity contribution in [2.75, 3.05) is 33.3 Å². The molecule has 2 unspecified atom stereocenters. The van der Waals surface area contributed by atoms with E-state index in [9.17, 15) is 0 Å². The molecular weight excluding hydrogens is 262 g/mol. The van der Waals surface area contributed by atoms with Crippen LogP contribution in [0.2, 0.25) is 0 Å². The maximum atomic E-state index is 6.03. The SMILES string of the molecule is CCN1CCOC(C(NC)c2cccc3cccnc23)C1. The Balaban J connectivity index is 1.94. The molecule has 1 aromatic heterocycles. The fraction of sp³-hybridized carbons (Fsp3) is 0.471. The fourth-order valence-electron chi connectivity index (χ4n) is 3.14. The van der Waals surface area contributed by atoms with Crippen LogP contribution in [0.25, 0.3) is 10.9 Å². The summed E-state index contributed by atoms with van der Waals surface area (Å²) in [5, 5.41) is 4.61. The molecule has 1 saturated heterocycles. The van der Waals surface area contributed by atoms with E-state index in [4.69, 9.17) is 4.74 Å². The number of para-hydroxylation sites is 1. The van der Waals surface area contributed by atoms with Crippen molar-refractivity contribution in [3.63, 3.8) is 0 Å². The van der Waals surface area contributed by atoms with Crippen molar-refractivity contribution in [3.8, 4) is 0 Å². The predicted molar refractivity (Wildman–Crippen MR) is 85.4 cm³/mol. The summed E-state index contributed by atoms with van der Waals surface area (Å²) in [6.45, 7) is 6.07. The Hall–Kier alpha value is -1.49. The van der Waals surface area contributed by atoms with Crippen LogP contribution in [0.5, 0.6) is 0 Å². The van der Waals surface area contributed by atoms with Crippen LogP contribution >= 0.6 is 0 Å². The standard InChI is InChI=1S/C17H23N3O/c1-3-20-10-11-21-15(12-20)17(18-2)14-8-4-6-13-7-5-9-19-16(13)14/h4-9,15,17-18H,3,10-12H2,1-2H3. The van der Waals surface area contributed by atoms with E-state index in [1.165, 1.54) is 10.9 Å². The molecule has 4 nitrogen and oxygen atoms in total. The van der Waals surface area contributed by atoms with Gasteiger partial charge in [0.05, 0.1) is 24.3 Å². The van der Waals surface area contributed by atoms with Crippen molar-refractivity contribution >= 4 is 10.9 Å². The summed E-state index contributed by atoms with van der Waals surface area (Å²) in [6, 6.07) is 10.6.